The Bertz CT molecular complexity index is 955. The molecule has 4 nitrogen and oxygen atoms in total. The molecule has 1 aromatic heterocycles. The van der Waals surface area contributed by atoms with Gasteiger partial charge < -0.3 is 4.74 Å². The zero-order chi connectivity index (χ0) is 19.4. The predicted octanol–water partition coefficient (Wildman–Crippen LogP) is 5.68. The van der Waals surface area contributed by atoms with Crippen LogP contribution < -0.4 is 10.1 Å². The summed E-state index contributed by atoms with van der Waals surface area (Å²) in [7, 11) is 0. The lowest BCUT2D eigenvalue weighted by atomic mass is 10.1. The number of rotatable bonds is 6. The van der Waals surface area contributed by atoms with E-state index in [1.165, 1.54) is 11.3 Å². The first-order valence-electron chi connectivity index (χ1n) is 8.30. The average Bonchev–Trinajstić information content (AvgIpc) is 2.96. The number of anilines is 1. The van der Waals surface area contributed by atoms with Crippen LogP contribution >= 0.6 is 34.5 Å². The van der Waals surface area contributed by atoms with Crippen molar-refractivity contribution in [3.8, 4) is 5.75 Å². The Balaban J connectivity index is 1.59. The van der Waals surface area contributed by atoms with Gasteiger partial charge in [0.15, 0.2) is 11.7 Å². The van der Waals surface area contributed by atoms with Crippen molar-refractivity contribution in [2.75, 3.05) is 11.9 Å². The number of aromatic nitrogens is 1. The molecule has 0 saturated heterocycles. The first kappa shape index (κ1) is 19.7. The van der Waals surface area contributed by atoms with Crippen molar-refractivity contribution < 1.29 is 9.53 Å². The van der Waals surface area contributed by atoms with Crippen LogP contribution in [0.2, 0.25) is 10.0 Å². The van der Waals surface area contributed by atoms with Crippen LogP contribution in [0.25, 0.3) is 0 Å². The molecule has 1 N–H and O–H groups in total. The number of carbonyl (C=O) groups is 1. The van der Waals surface area contributed by atoms with E-state index < -0.39 is 0 Å². The number of halogens is 2. The number of hydrogen-bond donors (Lipinski definition) is 1. The zero-order valence-electron chi connectivity index (χ0n) is 14.9. The van der Waals surface area contributed by atoms with Crippen molar-refractivity contribution in [1.29, 1.82) is 0 Å². The molecule has 3 aromatic rings. The molecular weight excluding hydrogens is 403 g/mol. The number of nitrogens with zero attached hydrogens (tertiary/aromatic N) is 1. The molecular formula is C20H18Cl2N2O2S. The molecule has 0 fully saturated rings. The van der Waals surface area contributed by atoms with Crippen molar-refractivity contribution in [2.24, 2.45) is 0 Å². The molecule has 0 radical (unpaired) electrons. The van der Waals surface area contributed by atoms with Crippen molar-refractivity contribution >= 4 is 45.6 Å². The third-order valence-corrected chi connectivity index (χ3v) is 5.69. The number of hydrogen-bond acceptors (Lipinski definition) is 4. The second kappa shape index (κ2) is 8.74. The summed E-state index contributed by atoms with van der Waals surface area (Å²) in [6.45, 7) is 3.85. The molecule has 0 aliphatic rings. The molecule has 0 spiro atoms. The Kier molecular flexibility index (Phi) is 6.37. The molecule has 27 heavy (non-hydrogen) atoms. The molecule has 1 amide bonds. The molecule has 0 bridgehead atoms. The second-order valence-corrected chi connectivity index (χ2v) is 8.00. The number of nitrogens with one attached hydrogen (secondary N) is 1. The van der Waals surface area contributed by atoms with Crippen molar-refractivity contribution in [1.82, 2.24) is 4.98 Å². The van der Waals surface area contributed by atoms with Gasteiger partial charge in [0.1, 0.15) is 5.75 Å². The minimum absolute atomic E-state index is 0.0657. The highest BCUT2D eigenvalue weighted by molar-refractivity contribution is 7.15. The Morgan fingerprint density at radius 1 is 1.11 bits per heavy atom. The molecule has 1 heterocycles. The monoisotopic (exact) mass is 420 g/mol. The third kappa shape index (κ3) is 5.45. The smallest absolute Gasteiger partial charge is 0.264 e. The van der Waals surface area contributed by atoms with Gasteiger partial charge in [0, 0.05) is 11.3 Å². The fourth-order valence-electron chi connectivity index (χ4n) is 2.42. The van der Waals surface area contributed by atoms with E-state index >= 15 is 0 Å². The van der Waals surface area contributed by atoms with E-state index in [-0.39, 0.29) is 12.5 Å². The molecule has 7 heteroatoms. The molecule has 0 aliphatic carbocycles. The molecule has 0 unspecified atom stereocenters. The van der Waals surface area contributed by atoms with Crippen LogP contribution in [-0.4, -0.2) is 17.5 Å². The lowest BCUT2D eigenvalue weighted by molar-refractivity contribution is -0.118. The number of thiazole rings is 1. The fourth-order valence-corrected chi connectivity index (χ4v) is 3.75. The Labute approximate surface area is 172 Å². The van der Waals surface area contributed by atoms with E-state index in [1.54, 1.807) is 6.07 Å². The maximum atomic E-state index is 12.1. The van der Waals surface area contributed by atoms with Crippen LogP contribution in [0, 0.1) is 13.8 Å². The SMILES string of the molecule is Cc1ccc(OCC(=O)Nc2nc(C)c(Cc3ccc(Cl)c(Cl)c3)s2)cc1. The molecule has 0 saturated carbocycles. The third-order valence-electron chi connectivity index (χ3n) is 3.88. The maximum absolute atomic E-state index is 12.1. The van der Waals surface area contributed by atoms with Gasteiger partial charge in [-0.2, -0.15) is 0 Å². The number of aryl methyl sites for hydroxylation is 2. The van der Waals surface area contributed by atoms with E-state index in [9.17, 15) is 4.79 Å². The van der Waals surface area contributed by atoms with Crippen LogP contribution in [0.3, 0.4) is 0 Å². The van der Waals surface area contributed by atoms with Gasteiger partial charge in [-0.15, -0.1) is 11.3 Å². The first-order chi connectivity index (χ1) is 12.9. The minimum Gasteiger partial charge on any atom is -0.484 e. The van der Waals surface area contributed by atoms with E-state index in [0.29, 0.717) is 27.3 Å². The highest BCUT2D eigenvalue weighted by Crippen LogP contribution is 2.28. The number of benzene rings is 2. The van der Waals surface area contributed by atoms with E-state index in [2.05, 4.69) is 10.3 Å². The van der Waals surface area contributed by atoms with E-state index in [4.69, 9.17) is 27.9 Å². The zero-order valence-corrected chi connectivity index (χ0v) is 17.2. The van der Waals surface area contributed by atoms with Crippen molar-refractivity contribution in [2.45, 2.75) is 20.3 Å². The van der Waals surface area contributed by atoms with Crippen LogP contribution in [0.1, 0.15) is 21.7 Å². The Morgan fingerprint density at radius 3 is 2.56 bits per heavy atom. The quantitative estimate of drug-likeness (QED) is 0.558. The summed E-state index contributed by atoms with van der Waals surface area (Å²) in [6.07, 6.45) is 0.677. The highest BCUT2D eigenvalue weighted by Gasteiger charge is 2.12. The van der Waals surface area contributed by atoms with Crippen LogP contribution in [0.4, 0.5) is 5.13 Å². The summed E-state index contributed by atoms with van der Waals surface area (Å²) < 4.78 is 5.49. The van der Waals surface area contributed by atoms with E-state index in [1.807, 2.05) is 50.2 Å². The summed E-state index contributed by atoms with van der Waals surface area (Å²) in [4.78, 5) is 17.6. The van der Waals surface area contributed by atoms with Gasteiger partial charge in [0.05, 0.1) is 15.7 Å². The summed E-state index contributed by atoms with van der Waals surface area (Å²) in [6, 6.07) is 13.1. The minimum atomic E-state index is -0.245. The molecule has 3 rings (SSSR count). The fraction of sp³-hybridized carbons (Fsp3) is 0.200. The van der Waals surface area contributed by atoms with Gasteiger partial charge in [-0.05, 0) is 43.7 Å². The van der Waals surface area contributed by atoms with Crippen LogP contribution in [-0.2, 0) is 11.2 Å². The molecule has 2 aromatic carbocycles. The molecule has 140 valence electrons. The van der Waals surface area contributed by atoms with Gasteiger partial charge in [0.25, 0.3) is 5.91 Å². The van der Waals surface area contributed by atoms with Crippen LogP contribution in [0.5, 0.6) is 5.75 Å². The number of amides is 1. The first-order valence-corrected chi connectivity index (χ1v) is 9.87. The highest BCUT2D eigenvalue weighted by atomic mass is 35.5. The van der Waals surface area contributed by atoms with Gasteiger partial charge in [-0.3, -0.25) is 10.1 Å². The summed E-state index contributed by atoms with van der Waals surface area (Å²) in [5, 5.41) is 4.40. The van der Waals surface area contributed by atoms with Crippen LogP contribution in [0.15, 0.2) is 42.5 Å². The predicted molar refractivity (Wildman–Crippen MR) is 111 cm³/mol. The van der Waals surface area contributed by atoms with Crippen molar-refractivity contribution in [3.05, 3.63) is 74.2 Å². The maximum Gasteiger partial charge on any atom is 0.264 e. The summed E-state index contributed by atoms with van der Waals surface area (Å²) >= 11 is 13.5. The van der Waals surface area contributed by atoms with Gasteiger partial charge in [-0.1, -0.05) is 47.0 Å². The lowest BCUT2D eigenvalue weighted by Gasteiger charge is -2.05. The Hall–Kier alpha value is -2.08. The largest absolute Gasteiger partial charge is 0.484 e. The Morgan fingerprint density at radius 2 is 1.85 bits per heavy atom. The average molecular weight is 421 g/mol. The lowest BCUT2D eigenvalue weighted by Crippen LogP contribution is -2.20. The topological polar surface area (TPSA) is 51.2 Å². The second-order valence-electron chi connectivity index (χ2n) is 6.10. The van der Waals surface area contributed by atoms with E-state index in [0.717, 1.165) is 21.7 Å². The summed E-state index contributed by atoms with van der Waals surface area (Å²) in [5.74, 6) is 0.414. The summed E-state index contributed by atoms with van der Waals surface area (Å²) in [5.41, 5.74) is 3.05. The number of ether oxygens (including phenoxy) is 1. The van der Waals surface area contributed by atoms with Gasteiger partial charge >= 0.3 is 0 Å². The van der Waals surface area contributed by atoms with Crippen molar-refractivity contribution in [3.63, 3.8) is 0 Å². The van der Waals surface area contributed by atoms with Gasteiger partial charge in [0.2, 0.25) is 0 Å². The number of carbonyl (C=O) groups excluding carboxylic acids is 1. The molecule has 0 atom stereocenters. The molecule has 0 aliphatic heterocycles. The standard InChI is InChI=1S/C20H18Cl2N2O2S/c1-12-3-6-15(7-4-12)26-11-19(25)24-20-23-13(2)18(27-20)10-14-5-8-16(21)17(22)9-14/h3-9H,10-11H2,1-2H3,(H,23,24,25). The van der Waals surface area contributed by atoms with Gasteiger partial charge in [-0.25, -0.2) is 4.98 Å². The normalized spacial score (nSPS) is 10.7.